The summed E-state index contributed by atoms with van der Waals surface area (Å²) in [7, 11) is -1.53. The van der Waals surface area contributed by atoms with E-state index in [4.69, 9.17) is 5.11 Å². The van der Waals surface area contributed by atoms with E-state index in [-0.39, 0.29) is 11.5 Å². The average Bonchev–Trinajstić information content (AvgIpc) is 2.17. The van der Waals surface area contributed by atoms with Crippen LogP contribution in [0.2, 0.25) is 0 Å². The van der Waals surface area contributed by atoms with Gasteiger partial charge in [0.1, 0.15) is 10.5 Å². The van der Waals surface area contributed by atoms with Crippen molar-refractivity contribution in [2.24, 2.45) is 0 Å². The van der Waals surface area contributed by atoms with Crippen LogP contribution in [0.3, 0.4) is 0 Å². The first-order valence-electron chi connectivity index (χ1n) is 4.74. The Balaban J connectivity index is 2.83. The SMILES string of the molecule is CC(C)(C(=O)O)S(=O)Cc1cccc(O)c1. The molecule has 0 aliphatic heterocycles. The van der Waals surface area contributed by atoms with Crippen molar-refractivity contribution in [3.05, 3.63) is 29.8 Å². The molecule has 1 aromatic carbocycles. The van der Waals surface area contributed by atoms with Crippen LogP contribution < -0.4 is 0 Å². The van der Waals surface area contributed by atoms with Gasteiger partial charge in [-0.1, -0.05) is 12.1 Å². The Morgan fingerprint density at radius 3 is 2.56 bits per heavy atom. The lowest BCUT2D eigenvalue weighted by molar-refractivity contribution is -0.139. The van der Waals surface area contributed by atoms with E-state index in [0.29, 0.717) is 5.56 Å². The topological polar surface area (TPSA) is 74.6 Å². The second-order valence-electron chi connectivity index (χ2n) is 3.98. The van der Waals surface area contributed by atoms with Crippen LogP contribution in [0.25, 0.3) is 0 Å². The first-order valence-corrected chi connectivity index (χ1v) is 6.05. The Morgan fingerprint density at radius 1 is 1.44 bits per heavy atom. The number of aliphatic carboxylic acids is 1. The Bertz CT molecular complexity index is 426. The lowest BCUT2D eigenvalue weighted by Gasteiger charge is -2.18. The van der Waals surface area contributed by atoms with E-state index in [1.807, 2.05) is 0 Å². The molecule has 4 nitrogen and oxygen atoms in total. The third kappa shape index (κ3) is 2.82. The van der Waals surface area contributed by atoms with Crippen molar-refractivity contribution in [2.75, 3.05) is 0 Å². The van der Waals surface area contributed by atoms with Crippen LogP contribution in [0, 0.1) is 0 Å². The predicted molar refractivity (Wildman–Crippen MR) is 61.7 cm³/mol. The highest BCUT2D eigenvalue weighted by Gasteiger charge is 2.34. The summed E-state index contributed by atoms with van der Waals surface area (Å²) in [6.07, 6.45) is 0. The average molecular weight is 242 g/mol. The first kappa shape index (κ1) is 12.7. The van der Waals surface area contributed by atoms with Crippen molar-refractivity contribution in [1.82, 2.24) is 0 Å². The molecule has 1 unspecified atom stereocenters. The van der Waals surface area contributed by atoms with Gasteiger partial charge in [0, 0.05) is 16.6 Å². The quantitative estimate of drug-likeness (QED) is 0.839. The van der Waals surface area contributed by atoms with E-state index in [2.05, 4.69) is 0 Å². The van der Waals surface area contributed by atoms with E-state index >= 15 is 0 Å². The number of phenols is 1. The highest BCUT2D eigenvalue weighted by atomic mass is 32.2. The minimum absolute atomic E-state index is 0.0858. The maximum absolute atomic E-state index is 11.8. The molecule has 5 heteroatoms. The Kier molecular flexibility index (Phi) is 3.70. The standard InChI is InChI=1S/C11H14O4S/c1-11(2,10(13)14)16(15)7-8-4-3-5-9(12)6-8/h3-6,12H,7H2,1-2H3,(H,13,14). The summed E-state index contributed by atoms with van der Waals surface area (Å²) >= 11 is 0. The van der Waals surface area contributed by atoms with E-state index in [1.54, 1.807) is 12.1 Å². The van der Waals surface area contributed by atoms with Crippen LogP contribution in [0.15, 0.2) is 24.3 Å². The van der Waals surface area contributed by atoms with Crippen molar-refractivity contribution in [3.63, 3.8) is 0 Å². The van der Waals surface area contributed by atoms with Crippen LogP contribution in [0.1, 0.15) is 19.4 Å². The number of hydrogen-bond acceptors (Lipinski definition) is 3. The number of carboxylic acids is 1. The van der Waals surface area contributed by atoms with E-state index in [9.17, 15) is 14.1 Å². The van der Waals surface area contributed by atoms with Gasteiger partial charge < -0.3 is 10.2 Å². The van der Waals surface area contributed by atoms with E-state index in [0.717, 1.165) is 0 Å². The summed E-state index contributed by atoms with van der Waals surface area (Å²) in [5.74, 6) is -0.887. The van der Waals surface area contributed by atoms with Crippen LogP contribution in [-0.4, -0.2) is 25.1 Å². The number of carboxylic acid groups (broad SMARTS) is 1. The van der Waals surface area contributed by atoms with Crippen LogP contribution in [0.4, 0.5) is 0 Å². The normalized spacial score (nSPS) is 13.4. The molecular weight excluding hydrogens is 228 g/mol. The molecule has 0 aromatic heterocycles. The van der Waals surface area contributed by atoms with Crippen molar-refractivity contribution in [1.29, 1.82) is 0 Å². The third-order valence-corrected chi connectivity index (χ3v) is 4.20. The summed E-state index contributed by atoms with van der Waals surface area (Å²) in [4.78, 5) is 10.9. The number of carbonyl (C=O) groups is 1. The highest BCUT2D eigenvalue weighted by molar-refractivity contribution is 7.86. The van der Waals surface area contributed by atoms with Gasteiger partial charge in [-0.05, 0) is 31.5 Å². The number of hydrogen-bond donors (Lipinski definition) is 2. The minimum atomic E-state index is -1.53. The Labute approximate surface area is 96.4 Å². The fourth-order valence-corrected chi connectivity index (χ4v) is 2.11. The molecule has 0 saturated heterocycles. The van der Waals surface area contributed by atoms with Gasteiger partial charge in [0.25, 0.3) is 0 Å². The second kappa shape index (κ2) is 4.65. The van der Waals surface area contributed by atoms with Gasteiger partial charge in [0.05, 0.1) is 0 Å². The molecule has 1 rings (SSSR count). The monoisotopic (exact) mass is 242 g/mol. The highest BCUT2D eigenvalue weighted by Crippen LogP contribution is 2.19. The summed E-state index contributed by atoms with van der Waals surface area (Å²) in [5.41, 5.74) is 0.660. The molecular formula is C11H14O4S. The van der Waals surface area contributed by atoms with Crippen LogP contribution in [0.5, 0.6) is 5.75 Å². The molecule has 88 valence electrons. The van der Waals surface area contributed by atoms with Gasteiger partial charge in [0.15, 0.2) is 0 Å². The molecule has 0 aliphatic rings. The second-order valence-corrected chi connectivity index (χ2v) is 5.98. The largest absolute Gasteiger partial charge is 0.508 e. The number of rotatable bonds is 4. The zero-order valence-corrected chi connectivity index (χ0v) is 9.95. The summed E-state index contributed by atoms with van der Waals surface area (Å²) in [6.45, 7) is 2.85. The summed E-state index contributed by atoms with van der Waals surface area (Å²) < 4.78 is 10.5. The molecule has 0 saturated carbocycles. The number of benzene rings is 1. The minimum Gasteiger partial charge on any atom is -0.508 e. The van der Waals surface area contributed by atoms with Gasteiger partial charge in [-0.15, -0.1) is 0 Å². The van der Waals surface area contributed by atoms with Gasteiger partial charge >= 0.3 is 5.97 Å². The van der Waals surface area contributed by atoms with Gasteiger partial charge in [-0.25, -0.2) is 0 Å². The Morgan fingerprint density at radius 2 is 2.06 bits per heavy atom. The molecule has 0 bridgehead atoms. The van der Waals surface area contributed by atoms with Crippen LogP contribution >= 0.6 is 0 Å². The number of aromatic hydroxyl groups is 1. The van der Waals surface area contributed by atoms with Crippen molar-refractivity contribution in [3.8, 4) is 5.75 Å². The zero-order valence-electron chi connectivity index (χ0n) is 9.14. The van der Waals surface area contributed by atoms with Gasteiger partial charge in [-0.3, -0.25) is 9.00 Å². The van der Waals surface area contributed by atoms with Gasteiger partial charge in [0.2, 0.25) is 0 Å². The predicted octanol–water partition coefficient (Wildman–Crippen LogP) is 1.50. The fraction of sp³-hybridized carbons (Fsp3) is 0.364. The first-order chi connectivity index (χ1) is 7.34. The molecule has 0 fully saturated rings. The molecule has 0 aliphatic carbocycles. The molecule has 0 heterocycles. The van der Waals surface area contributed by atoms with Crippen LogP contribution in [-0.2, 0) is 21.3 Å². The Hall–Kier alpha value is -1.36. The number of phenolic OH excluding ortho intramolecular Hbond substituents is 1. The lowest BCUT2D eigenvalue weighted by Crippen LogP contribution is -2.37. The summed E-state index contributed by atoms with van der Waals surface area (Å²) in [5, 5.41) is 18.1. The molecule has 2 N–H and O–H groups in total. The lowest BCUT2D eigenvalue weighted by atomic mass is 10.2. The van der Waals surface area contributed by atoms with E-state index in [1.165, 1.54) is 26.0 Å². The zero-order chi connectivity index (χ0) is 12.3. The van der Waals surface area contributed by atoms with Crippen molar-refractivity contribution in [2.45, 2.75) is 24.3 Å². The maximum atomic E-state index is 11.8. The van der Waals surface area contributed by atoms with E-state index < -0.39 is 21.5 Å². The molecule has 1 atom stereocenters. The molecule has 0 amide bonds. The molecule has 16 heavy (non-hydrogen) atoms. The fourth-order valence-electron chi connectivity index (χ4n) is 1.08. The molecule has 1 aromatic rings. The smallest absolute Gasteiger partial charge is 0.321 e. The maximum Gasteiger partial charge on any atom is 0.321 e. The molecule has 0 radical (unpaired) electrons. The summed E-state index contributed by atoms with van der Waals surface area (Å²) in [6, 6.07) is 6.33. The van der Waals surface area contributed by atoms with Gasteiger partial charge in [-0.2, -0.15) is 0 Å². The van der Waals surface area contributed by atoms with Crippen molar-refractivity contribution < 1.29 is 19.2 Å². The third-order valence-electron chi connectivity index (χ3n) is 2.29. The van der Waals surface area contributed by atoms with Crippen molar-refractivity contribution >= 4 is 16.8 Å². The molecule has 0 spiro atoms.